The van der Waals surface area contributed by atoms with Crippen LogP contribution in [0.15, 0.2) is 24.4 Å². The summed E-state index contributed by atoms with van der Waals surface area (Å²) in [5.74, 6) is 0. The summed E-state index contributed by atoms with van der Waals surface area (Å²) >= 11 is 6.31. The fourth-order valence-corrected chi connectivity index (χ4v) is 3.00. The number of nitrogens with one attached hydrogen (secondary N) is 2. The lowest BCUT2D eigenvalue weighted by Crippen LogP contribution is -2.48. The van der Waals surface area contributed by atoms with Gasteiger partial charge in [0, 0.05) is 18.2 Å². The lowest BCUT2D eigenvalue weighted by molar-refractivity contribution is 0.172. The van der Waals surface area contributed by atoms with Gasteiger partial charge in [-0.15, -0.1) is 0 Å². The van der Waals surface area contributed by atoms with Crippen molar-refractivity contribution in [2.24, 2.45) is 0 Å². The van der Waals surface area contributed by atoms with Gasteiger partial charge >= 0.3 is 6.03 Å². The average Bonchev–Trinajstić information content (AvgIpc) is 2.89. The van der Waals surface area contributed by atoms with E-state index in [-0.39, 0.29) is 11.6 Å². The number of carbonyl (C=O) groups is 1. The van der Waals surface area contributed by atoms with Crippen LogP contribution in [0.3, 0.4) is 0 Å². The molecule has 0 aliphatic carbocycles. The van der Waals surface area contributed by atoms with Crippen molar-refractivity contribution < 1.29 is 9.53 Å². The number of benzene rings is 1. The number of fused-ring (bicyclic) bond motifs is 1. The molecule has 6 heteroatoms. The Labute approximate surface area is 134 Å². The molecule has 2 heterocycles. The van der Waals surface area contributed by atoms with Crippen molar-refractivity contribution in [3.63, 3.8) is 0 Å². The van der Waals surface area contributed by atoms with Gasteiger partial charge in [-0.3, -0.25) is 4.98 Å². The zero-order valence-electron chi connectivity index (χ0n) is 12.6. The Hall–Kier alpha value is -1.85. The van der Waals surface area contributed by atoms with E-state index in [1.807, 2.05) is 32.0 Å². The highest BCUT2D eigenvalue weighted by atomic mass is 35.5. The third kappa shape index (κ3) is 2.87. The van der Waals surface area contributed by atoms with Gasteiger partial charge in [-0.1, -0.05) is 11.6 Å². The molecule has 1 aliphatic heterocycles. The van der Waals surface area contributed by atoms with Crippen molar-refractivity contribution in [1.29, 1.82) is 0 Å². The summed E-state index contributed by atoms with van der Waals surface area (Å²) in [5, 5.41) is 7.14. The third-order valence-electron chi connectivity index (χ3n) is 3.91. The Balaban J connectivity index is 1.89. The number of amides is 2. The SMILES string of the molecule is Cc1cc(Cl)c(NC(=O)N[C@@]2(C)CCOC2)c2cccnc12. The smallest absolute Gasteiger partial charge is 0.319 e. The number of hydrogen-bond donors (Lipinski definition) is 2. The van der Waals surface area contributed by atoms with Crippen LogP contribution in [0.2, 0.25) is 5.02 Å². The van der Waals surface area contributed by atoms with Gasteiger partial charge < -0.3 is 15.4 Å². The van der Waals surface area contributed by atoms with Crippen molar-refractivity contribution in [3.05, 3.63) is 35.0 Å². The van der Waals surface area contributed by atoms with E-state index in [0.717, 1.165) is 22.9 Å². The third-order valence-corrected chi connectivity index (χ3v) is 4.20. The Morgan fingerprint density at radius 1 is 1.50 bits per heavy atom. The summed E-state index contributed by atoms with van der Waals surface area (Å²) in [6, 6.07) is 5.25. The highest BCUT2D eigenvalue weighted by Crippen LogP contribution is 2.32. The van der Waals surface area contributed by atoms with Gasteiger partial charge in [0.2, 0.25) is 0 Å². The molecule has 2 amide bonds. The maximum atomic E-state index is 12.3. The molecular formula is C16H18ClN3O2. The Bertz CT molecular complexity index is 727. The summed E-state index contributed by atoms with van der Waals surface area (Å²) in [7, 11) is 0. The summed E-state index contributed by atoms with van der Waals surface area (Å²) in [4.78, 5) is 16.7. The number of aryl methyl sites for hydroxylation is 1. The van der Waals surface area contributed by atoms with Crippen molar-refractivity contribution in [2.45, 2.75) is 25.8 Å². The van der Waals surface area contributed by atoms with Crippen LogP contribution in [0.4, 0.5) is 10.5 Å². The van der Waals surface area contributed by atoms with Crippen LogP contribution in [0, 0.1) is 6.92 Å². The zero-order valence-corrected chi connectivity index (χ0v) is 13.3. The number of aromatic nitrogens is 1. The molecule has 1 aliphatic rings. The predicted molar refractivity (Wildman–Crippen MR) is 87.5 cm³/mol. The molecule has 2 aromatic rings. The van der Waals surface area contributed by atoms with E-state index in [1.165, 1.54) is 0 Å². The van der Waals surface area contributed by atoms with Crippen LogP contribution in [0.1, 0.15) is 18.9 Å². The van der Waals surface area contributed by atoms with Crippen LogP contribution in [-0.4, -0.2) is 29.8 Å². The number of anilines is 1. The standard InChI is InChI=1S/C16H18ClN3O2/c1-10-8-12(17)14(11-4-3-6-18-13(10)11)19-15(21)20-16(2)5-7-22-9-16/h3-4,6,8H,5,7,9H2,1-2H3,(H2,19,20,21)/t16-/m0/s1. The normalized spacial score (nSPS) is 21.0. The molecule has 22 heavy (non-hydrogen) atoms. The molecule has 0 unspecified atom stereocenters. The largest absolute Gasteiger partial charge is 0.379 e. The highest BCUT2D eigenvalue weighted by molar-refractivity contribution is 6.35. The Morgan fingerprint density at radius 2 is 2.32 bits per heavy atom. The molecule has 0 saturated carbocycles. The number of urea groups is 1. The number of carbonyl (C=O) groups excluding carboxylic acids is 1. The predicted octanol–water partition coefficient (Wildman–Crippen LogP) is 3.50. The first-order valence-corrected chi connectivity index (χ1v) is 7.57. The van der Waals surface area contributed by atoms with E-state index in [4.69, 9.17) is 16.3 Å². The van der Waals surface area contributed by atoms with Gasteiger partial charge in [0.15, 0.2) is 0 Å². The van der Waals surface area contributed by atoms with Crippen molar-refractivity contribution in [2.75, 3.05) is 18.5 Å². The molecule has 116 valence electrons. The molecule has 2 N–H and O–H groups in total. The molecule has 0 bridgehead atoms. The second kappa shape index (κ2) is 5.74. The molecule has 1 aromatic heterocycles. The van der Waals surface area contributed by atoms with Gasteiger partial charge in [-0.25, -0.2) is 4.79 Å². The van der Waals surface area contributed by atoms with E-state index in [9.17, 15) is 4.79 Å². The molecule has 1 saturated heterocycles. The first-order valence-electron chi connectivity index (χ1n) is 7.19. The van der Waals surface area contributed by atoms with Crippen molar-refractivity contribution in [3.8, 4) is 0 Å². The Kier molecular flexibility index (Phi) is 3.93. The first-order chi connectivity index (χ1) is 10.5. The van der Waals surface area contributed by atoms with Gasteiger partial charge in [0.05, 0.1) is 28.4 Å². The second-order valence-corrected chi connectivity index (χ2v) is 6.30. The number of rotatable bonds is 2. The van der Waals surface area contributed by atoms with Crippen LogP contribution in [0.5, 0.6) is 0 Å². The molecular weight excluding hydrogens is 302 g/mol. The maximum Gasteiger partial charge on any atom is 0.319 e. The lowest BCUT2D eigenvalue weighted by Gasteiger charge is -2.24. The zero-order chi connectivity index (χ0) is 15.7. The maximum absolute atomic E-state index is 12.3. The minimum absolute atomic E-state index is 0.288. The summed E-state index contributed by atoms with van der Waals surface area (Å²) < 4.78 is 5.34. The molecule has 1 fully saturated rings. The van der Waals surface area contributed by atoms with Crippen LogP contribution < -0.4 is 10.6 Å². The lowest BCUT2D eigenvalue weighted by atomic mass is 10.0. The monoisotopic (exact) mass is 319 g/mol. The fourth-order valence-electron chi connectivity index (χ4n) is 2.69. The average molecular weight is 320 g/mol. The summed E-state index contributed by atoms with van der Waals surface area (Å²) in [5.41, 5.74) is 2.05. The molecule has 5 nitrogen and oxygen atoms in total. The van der Waals surface area contributed by atoms with E-state index in [1.54, 1.807) is 6.20 Å². The number of halogens is 1. The first kappa shape index (κ1) is 15.1. The second-order valence-electron chi connectivity index (χ2n) is 5.89. The summed E-state index contributed by atoms with van der Waals surface area (Å²) in [6.45, 7) is 5.09. The molecule has 3 rings (SSSR count). The number of hydrogen-bond acceptors (Lipinski definition) is 3. The number of ether oxygens (including phenoxy) is 1. The minimum Gasteiger partial charge on any atom is -0.379 e. The van der Waals surface area contributed by atoms with Crippen LogP contribution >= 0.6 is 11.6 Å². The summed E-state index contributed by atoms with van der Waals surface area (Å²) in [6.07, 6.45) is 2.52. The van der Waals surface area contributed by atoms with E-state index >= 15 is 0 Å². The van der Waals surface area contributed by atoms with Crippen LogP contribution in [0.25, 0.3) is 10.9 Å². The minimum atomic E-state index is -0.338. The van der Waals surface area contributed by atoms with Gasteiger partial charge in [0.25, 0.3) is 0 Å². The quantitative estimate of drug-likeness (QED) is 0.890. The highest BCUT2D eigenvalue weighted by Gasteiger charge is 2.31. The van der Waals surface area contributed by atoms with Gasteiger partial charge in [0.1, 0.15) is 0 Å². The number of nitrogens with zero attached hydrogens (tertiary/aromatic N) is 1. The Morgan fingerprint density at radius 3 is 3.05 bits per heavy atom. The topological polar surface area (TPSA) is 63.2 Å². The fraction of sp³-hybridized carbons (Fsp3) is 0.375. The number of pyridine rings is 1. The molecule has 1 aromatic carbocycles. The molecule has 1 atom stereocenters. The van der Waals surface area contributed by atoms with E-state index in [2.05, 4.69) is 15.6 Å². The van der Waals surface area contributed by atoms with Gasteiger partial charge in [-0.05, 0) is 44.0 Å². The van der Waals surface area contributed by atoms with Crippen molar-refractivity contribution in [1.82, 2.24) is 10.3 Å². The van der Waals surface area contributed by atoms with E-state index in [0.29, 0.717) is 23.9 Å². The molecule has 0 radical (unpaired) electrons. The van der Waals surface area contributed by atoms with Crippen molar-refractivity contribution >= 4 is 34.2 Å². The molecule has 0 spiro atoms. The van der Waals surface area contributed by atoms with Gasteiger partial charge in [-0.2, -0.15) is 0 Å². The van der Waals surface area contributed by atoms with Crippen LogP contribution in [-0.2, 0) is 4.74 Å². The van der Waals surface area contributed by atoms with E-state index < -0.39 is 0 Å².